The minimum atomic E-state index is -0.414. The Morgan fingerprint density at radius 1 is 0.931 bits per heavy atom. The van der Waals surface area contributed by atoms with Crippen molar-refractivity contribution in [3.05, 3.63) is 90.0 Å². The maximum Gasteiger partial charge on any atom is 0.323 e. The first-order chi connectivity index (χ1) is 14.1. The number of anilines is 2. The lowest BCUT2D eigenvalue weighted by atomic mass is 10.1. The Labute approximate surface area is 168 Å². The molecule has 0 aliphatic heterocycles. The highest BCUT2D eigenvalue weighted by atomic mass is 19.1. The van der Waals surface area contributed by atoms with E-state index in [2.05, 4.69) is 21.3 Å². The number of fused-ring (bicyclic) bond motifs is 1. The summed E-state index contributed by atoms with van der Waals surface area (Å²) < 4.78 is 15.3. The van der Waals surface area contributed by atoms with Crippen LogP contribution in [0, 0.1) is 5.82 Å². The molecule has 0 atom stereocenters. The van der Waals surface area contributed by atoms with Crippen LogP contribution in [0.3, 0.4) is 0 Å². The third-order valence-corrected chi connectivity index (χ3v) is 4.81. The molecule has 5 nitrogen and oxygen atoms in total. The quantitative estimate of drug-likeness (QED) is 0.497. The number of urea groups is 1. The molecule has 0 saturated carbocycles. The van der Waals surface area contributed by atoms with Crippen molar-refractivity contribution in [1.29, 1.82) is 0 Å². The fourth-order valence-electron chi connectivity index (χ4n) is 3.29. The van der Waals surface area contributed by atoms with Gasteiger partial charge in [-0.15, -0.1) is 0 Å². The zero-order chi connectivity index (χ0) is 20.2. The van der Waals surface area contributed by atoms with E-state index >= 15 is 0 Å². The number of para-hydroxylation sites is 2. The Balaban J connectivity index is 1.35. The van der Waals surface area contributed by atoms with Gasteiger partial charge in [-0.1, -0.05) is 30.3 Å². The lowest BCUT2D eigenvalue weighted by molar-refractivity contribution is 0.262. The second kappa shape index (κ2) is 8.14. The lowest BCUT2D eigenvalue weighted by Gasteiger charge is -2.09. The van der Waals surface area contributed by atoms with Crippen LogP contribution >= 0.6 is 0 Å². The first-order valence-electron chi connectivity index (χ1n) is 9.41. The van der Waals surface area contributed by atoms with E-state index < -0.39 is 11.8 Å². The van der Waals surface area contributed by atoms with E-state index in [0.29, 0.717) is 11.4 Å². The van der Waals surface area contributed by atoms with Crippen molar-refractivity contribution in [1.82, 2.24) is 9.55 Å². The molecule has 2 amide bonds. The van der Waals surface area contributed by atoms with Crippen molar-refractivity contribution in [3.8, 4) is 0 Å². The summed E-state index contributed by atoms with van der Waals surface area (Å²) in [4.78, 5) is 16.8. The van der Waals surface area contributed by atoms with Crippen LogP contribution in [-0.4, -0.2) is 15.6 Å². The molecule has 6 heteroatoms. The summed E-state index contributed by atoms with van der Waals surface area (Å²) in [5.74, 6) is 0.649. The normalized spacial score (nSPS) is 10.8. The number of nitrogens with one attached hydrogen (secondary N) is 2. The van der Waals surface area contributed by atoms with Gasteiger partial charge in [-0.25, -0.2) is 14.2 Å². The van der Waals surface area contributed by atoms with Crippen LogP contribution in [0.4, 0.5) is 20.6 Å². The topological polar surface area (TPSA) is 59.0 Å². The number of hydrogen-bond acceptors (Lipinski definition) is 2. The second-order valence-electron chi connectivity index (χ2n) is 6.86. The zero-order valence-electron chi connectivity index (χ0n) is 16.0. The van der Waals surface area contributed by atoms with Gasteiger partial charge in [0.05, 0.1) is 11.0 Å². The highest BCUT2D eigenvalue weighted by Crippen LogP contribution is 2.17. The molecule has 1 aromatic heterocycles. The standard InChI is InChI=1S/C23H21FN4O/c1-28-21-8-3-2-7-20(21)27-22(28)14-11-16-9-12-18(13-10-16)25-23(29)26-19-6-4-5-17(24)15-19/h2-10,12-13,15H,11,14H2,1H3,(H2,25,26,29). The van der Waals surface area contributed by atoms with E-state index in [4.69, 9.17) is 4.98 Å². The third-order valence-electron chi connectivity index (χ3n) is 4.81. The van der Waals surface area contributed by atoms with Crippen molar-refractivity contribution in [2.24, 2.45) is 7.05 Å². The summed E-state index contributed by atoms with van der Waals surface area (Å²) >= 11 is 0. The predicted molar refractivity (Wildman–Crippen MR) is 114 cm³/mol. The number of imidazole rings is 1. The van der Waals surface area contributed by atoms with Gasteiger partial charge in [0.1, 0.15) is 11.6 Å². The fraction of sp³-hybridized carbons (Fsp3) is 0.130. The number of carbonyl (C=O) groups excluding carboxylic acids is 1. The van der Waals surface area contributed by atoms with Gasteiger partial charge in [0.25, 0.3) is 0 Å². The van der Waals surface area contributed by atoms with Gasteiger partial charge < -0.3 is 15.2 Å². The molecular formula is C23H21FN4O. The minimum absolute atomic E-state index is 0.396. The summed E-state index contributed by atoms with van der Waals surface area (Å²) in [5.41, 5.74) is 4.38. The van der Waals surface area contributed by atoms with E-state index in [1.807, 2.05) is 49.5 Å². The van der Waals surface area contributed by atoms with Crippen LogP contribution in [0.25, 0.3) is 11.0 Å². The van der Waals surface area contributed by atoms with Gasteiger partial charge in [0.2, 0.25) is 0 Å². The molecule has 0 saturated heterocycles. The number of amides is 2. The molecular weight excluding hydrogens is 367 g/mol. The fourth-order valence-corrected chi connectivity index (χ4v) is 3.29. The van der Waals surface area contributed by atoms with Gasteiger partial charge in [-0.2, -0.15) is 0 Å². The molecule has 0 spiro atoms. The smallest absolute Gasteiger partial charge is 0.323 e. The number of carbonyl (C=O) groups is 1. The molecule has 0 aliphatic rings. The largest absolute Gasteiger partial charge is 0.331 e. The number of rotatable bonds is 5. The lowest BCUT2D eigenvalue weighted by Crippen LogP contribution is -2.19. The molecule has 29 heavy (non-hydrogen) atoms. The summed E-state index contributed by atoms with van der Waals surface area (Å²) in [6, 6.07) is 21.2. The van der Waals surface area contributed by atoms with Crippen LogP contribution in [0.15, 0.2) is 72.8 Å². The Hall–Kier alpha value is -3.67. The van der Waals surface area contributed by atoms with Crippen molar-refractivity contribution < 1.29 is 9.18 Å². The van der Waals surface area contributed by atoms with Gasteiger partial charge in [-0.3, -0.25) is 0 Å². The van der Waals surface area contributed by atoms with Crippen LogP contribution in [0.5, 0.6) is 0 Å². The average Bonchev–Trinajstić information content (AvgIpc) is 3.03. The molecule has 1 heterocycles. The Kier molecular flexibility index (Phi) is 5.24. The molecule has 0 fully saturated rings. The number of aromatic nitrogens is 2. The zero-order valence-corrected chi connectivity index (χ0v) is 16.0. The molecule has 2 N–H and O–H groups in total. The van der Waals surface area contributed by atoms with Crippen molar-refractivity contribution in [2.45, 2.75) is 12.8 Å². The van der Waals surface area contributed by atoms with Crippen molar-refractivity contribution in [3.63, 3.8) is 0 Å². The highest BCUT2D eigenvalue weighted by Gasteiger charge is 2.08. The first kappa shape index (κ1) is 18.7. The predicted octanol–water partition coefficient (Wildman–Crippen LogP) is 5.14. The van der Waals surface area contributed by atoms with Gasteiger partial charge in [-0.05, 0) is 54.4 Å². The van der Waals surface area contributed by atoms with Gasteiger partial charge >= 0.3 is 6.03 Å². The molecule has 4 rings (SSSR count). The Bertz CT molecular complexity index is 1150. The number of halogens is 1. The molecule has 0 unspecified atom stereocenters. The maximum atomic E-state index is 13.2. The van der Waals surface area contributed by atoms with Crippen molar-refractivity contribution >= 4 is 28.4 Å². The van der Waals surface area contributed by atoms with E-state index in [-0.39, 0.29) is 0 Å². The van der Waals surface area contributed by atoms with E-state index in [1.165, 1.54) is 12.1 Å². The molecule has 0 radical (unpaired) electrons. The Morgan fingerprint density at radius 3 is 2.45 bits per heavy atom. The molecule has 146 valence electrons. The van der Waals surface area contributed by atoms with E-state index in [0.717, 1.165) is 35.3 Å². The second-order valence-corrected chi connectivity index (χ2v) is 6.86. The third kappa shape index (κ3) is 4.43. The van der Waals surface area contributed by atoms with E-state index in [9.17, 15) is 9.18 Å². The highest BCUT2D eigenvalue weighted by molar-refractivity contribution is 5.99. The van der Waals surface area contributed by atoms with E-state index in [1.54, 1.807) is 12.1 Å². The van der Waals surface area contributed by atoms with Crippen LogP contribution < -0.4 is 10.6 Å². The summed E-state index contributed by atoms with van der Waals surface area (Å²) in [7, 11) is 2.04. The molecule has 0 bridgehead atoms. The minimum Gasteiger partial charge on any atom is -0.331 e. The van der Waals surface area contributed by atoms with Crippen LogP contribution in [0.2, 0.25) is 0 Å². The summed E-state index contributed by atoms with van der Waals surface area (Å²) in [6.45, 7) is 0. The van der Waals surface area contributed by atoms with Crippen LogP contribution in [0.1, 0.15) is 11.4 Å². The first-order valence-corrected chi connectivity index (χ1v) is 9.41. The monoisotopic (exact) mass is 388 g/mol. The number of benzene rings is 3. The van der Waals surface area contributed by atoms with Crippen molar-refractivity contribution in [2.75, 3.05) is 10.6 Å². The average molecular weight is 388 g/mol. The Morgan fingerprint density at radius 2 is 1.69 bits per heavy atom. The number of aryl methyl sites for hydroxylation is 3. The SMILES string of the molecule is Cn1c(CCc2ccc(NC(=O)Nc3cccc(F)c3)cc2)nc2ccccc21. The van der Waals surface area contributed by atoms with Gasteiger partial charge in [0, 0.05) is 24.8 Å². The maximum absolute atomic E-state index is 13.2. The summed E-state index contributed by atoms with van der Waals surface area (Å²) in [5, 5.41) is 5.36. The van der Waals surface area contributed by atoms with Gasteiger partial charge in [0.15, 0.2) is 0 Å². The summed E-state index contributed by atoms with van der Waals surface area (Å²) in [6.07, 6.45) is 1.69. The number of nitrogens with zero attached hydrogens (tertiary/aromatic N) is 2. The molecule has 4 aromatic rings. The molecule has 0 aliphatic carbocycles. The number of hydrogen-bond donors (Lipinski definition) is 2. The molecule has 3 aromatic carbocycles. The van der Waals surface area contributed by atoms with Crippen LogP contribution in [-0.2, 0) is 19.9 Å².